The molecule has 0 unspecified atom stereocenters. The zero-order chi connectivity index (χ0) is 14.0. The predicted octanol–water partition coefficient (Wildman–Crippen LogP) is 1.25. The van der Waals surface area contributed by atoms with Gasteiger partial charge in [-0.2, -0.15) is 0 Å². The summed E-state index contributed by atoms with van der Waals surface area (Å²) in [6.45, 7) is 1.93. The Kier molecular flexibility index (Phi) is 3.41. The summed E-state index contributed by atoms with van der Waals surface area (Å²) in [4.78, 5) is 25.0. The van der Waals surface area contributed by atoms with Crippen molar-refractivity contribution in [2.24, 2.45) is 0 Å². The molecule has 0 spiro atoms. The molecule has 98 valence electrons. The number of hydrogen-bond acceptors (Lipinski definition) is 4. The topological polar surface area (TPSA) is 103 Å². The lowest BCUT2D eigenvalue weighted by Crippen LogP contribution is -2.39. The molecule has 0 aliphatic carbocycles. The highest BCUT2D eigenvalue weighted by Gasteiger charge is 2.09. The summed E-state index contributed by atoms with van der Waals surface area (Å²) in [6, 6.07) is 4.78. The smallest absolute Gasteiger partial charge is 0.291 e. The van der Waals surface area contributed by atoms with Crippen molar-refractivity contribution in [3.63, 3.8) is 0 Å². The van der Waals surface area contributed by atoms with Gasteiger partial charge in [-0.05, 0) is 24.6 Å². The van der Waals surface area contributed by atoms with E-state index in [9.17, 15) is 9.59 Å². The van der Waals surface area contributed by atoms with Gasteiger partial charge in [0, 0.05) is 12.0 Å². The Morgan fingerprint density at radius 1 is 1.47 bits per heavy atom. The van der Waals surface area contributed by atoms with Crippen molar-refractivity contribution in [2.45, 2.75) is 19.8 Å². The summed E-state index contributed by atoms with van der Waals surface area (Å²) in [5, 5.41) is 15.8. The Morgan fingerprint density at radius 2 is 2.21 bits per heavy atom. The maximum Gasteiger partial charge on any atom is 0.291 e. The molecule has 2 aromatic rings. The third kappa shape index (κ3) is 2.24. The number of fused-ring (bicyclic) bond motifs is 1. The lowest BCUT2D eigenvalue weighted by molar-refractivity contribution is 0.112. The van der Waals surface area contributed by atoms with Crippen LogP contribution >= 0.6 is 0 Å². The first-order valence-corrected chi connectivity index (χ1v) is 5.95. The first-order chi connectivity index (χ1) is 9.08. The number of aromatic nitrogens is 2. The van der Waals surface area contributed by atoms with Crippen LogP contribution in [-0.4, -0.2) is 21.7 Å². The van der Waals surface area contributed by atoms with E-state index < -0.39 is 5.56 Å². The van der Waals surface area contributed by atoms with Gasteiger partial charge in [0.1, 0.15) is 12.1 Å². The van der Waals surface area contributed by atoms with Crippen molar-refractivity contribution in [1.82, 2.24) is 9.55 Å². The van der Waals surface area contributed by atoms with Crippen molar-refractivity contribution >= 4 is 23.2 Å². The number of aromatic amines is 1. The fraction of sp³-hybridized carbons (Fsp3) is 0.231. The standard InChI is InChI=1S/C13H14N4O2/c1-2-3-11(14)17-10-5-4-8(7-18)6-9(10)16-13(19)12(17)15/h4-7,14-15H,2-3H2,1H3,(H,16,19). The monoisotopic (exact) mass is 258 g/mol. The largest absolute Gasteiger partial charge is 0.317 e. The number of nitrogens with zero attached hydrogens (tertiary/aromatic N) is 1. The van der Waals surface area contributed by atoms with Gasteiger partial charge >= 0.3 is 0 Å². The van der Waals surface area contributed by atoms with Gasteiger partial charge in [0.2, 0.25) is 0 Å². The van der Waals surface area contributed by atoms with Gasteiger partial charge < -0.3 is 4.98 Å². The third-order valence-corrected chi connectivity index (χ3v) is 2.84. The van der Waals surface area contributed by atoms with E-state index >= 15 is 0 Å². The van der Waals surface area contributed by atoms with Gasteiger partial charge in [-0.1, -0.05) is 6.92 Å². The summed E-state index contributed by atoms with van der Waals surface area (Å²) in [5.41, 5.74) is 0.593. The number of nitrogens with one attached hydrogen (secondary N) is 3. The molecule has 2 rings (SSSR count). The molecule has 6 heteroatoms. The Labute approximate surface area is 108 Å². The molecule has 1 aromatic heterocycles. The lowest BCUT2D eigenvalue weighted by Gasteiger charge is -2.11. The van der Waals surface area contributed by atoms with Crippen LogP contribution in [0.25, 0.3) is 11.0 Å². The fourth-order valence-electron chi connectivity index (χ4n) is 1.95. The quantitative estimate of drug-likeness (QED) is 0.438. The molecular formula is C13H14N4O2. The van der Waals surface area contributed by atoms with Crippen molar-refractivity contribution in [3.05, 3.63) is 39.6 Å². The molecule has 0 aliphatic heterocycles. The molecular weight excluding hydrogens is 244 g/mol. The molecule has 0 atom stereocenters. The van der Waals surface area contributed by atoms with Crippen LogP contribution in [0, 0.1) is 10.8 Å². The van der Waals surface area contributed by atoms with Gasteiger partial charge in [0.05, 0.1) is 11.0 Å². The second kappa shape index (κ2) is 5.01. The summed E-state index contributed by atoms with van der Waals surface area (Å²) in [6.07, 6.45) is 1.92. The van der Waals surface area contributed by atoms with E-state index in [1.807, 2.05) is 6.92 Å². The first kappa shape index (κ1) is 12.9. The zero-order valence-corrected chi connectivity index (χ0v) is 10.5. The minimum Gasteiger partial charge on any atom is -0.317 e. The van der Waals surface area contributed by atoms with Gasteiger partial charge in [0.15, 0.2) is 5.49 Å². The molecule has 1 aromatic carbocycles. The molecule has 0 radical (unpaired) electrons. The molecule has 0 amide bonds. The Bertz CT molecular complexity index is 770. The first-order valence-electron chi connectivity index (χ1n) is 5.95. The molecule has 0 saturated carbocycles. The van der Waals surface area contributed by atoms with E-state index in [2.05, 4.69) is 4.98 Å². The minimum atomic E-state index is -0.573. The van der Waals surface area contributed by atoms with Crippen LogP contribution in [0.4, 0.5) is 0 Å². The Hall–Kier alpha value is -2.50. The highest BCUT2D eigenvalue weighted by Crippen LogP contribution is 2.11. The maximum atomic E-state index is 11.7. The van der Waals surface area contributed by atoms with E-state index in [1.165, 1.54) is 4.57 Å². The molecule has 0 bridgehead atoms. The van der Waals surface area contributed by atoms with E-state index in [1.54, 1.807) is 18.2 Å². The Morgan fingerprint density at radius 3 is 2.84 bits per heavy atom. The number of carbonyl (C=O) groups excluding carboxylic acids is 1. The number of H-pyrrole nitrogens is 1. The van der Waals surface area contributed by atoms with Crippen LogP contribution < -0.4 is 11.0 Å². The van der Waals surface area contributed by atoms with Crippen LogP contribution in [0.1, 0.15) is 30.1 Å². The second-order valence-electron chi connectivity index (χ2n) is 4.23. The van der Waals surface area contributed by atoms with Crippen molar-refractivity contribution in [1.29, 1.82) is 10.8 Å². The van der Waals surface area contributed by atoms with Gasteiger partial charge in [0.25, 0.3) is 5.56 Å². The molecule has 3 N–H and O–H groups in total. The summed E-state index contributed by atoms with van der Waals surface area (Å²) in [5.74, 6) is 0.197. The zero-order valence-electron chi connectivity index (χ0n) is 10.5. The summed E-state index contributed by atoms with van der Waals surface area (Å²) in [7, 11) is 0. The predicted molar refractivity (Wildman–Crippen MR) is 71.8 cm³/mol. The number of carbonyl (C=O) groups is 1. The van der Waals surface area contributed by atoms with E-state index in [-0.39, 0.29) is 11.3 Å². The van der Waals surface area contributed by atoms with Crippen LogP contribution in [0.2, 0.25) is 0 Å². The Balaban J connectivity index is 2.84. The van der Waals surface area contributed by atoms with Crippen molar-refractivity contribution in [3.8, 4) is 0 Å². The van der Waals surface area contributed by atoms with E-state index in [0.717, 1.165) is 6.42 Å². The summed E-state index contributed by atoms with van der Waals surface area (Å²) >= 11 is 0. The number of benzene rings is 1. The molecule has 19 heavy (non-hydrogen) atoms. The molecule has 0 fully saturated rings. The van der Waals surface area contributed by atoms with Gasteiger partial charge in [-0.25, -0.2) is 0 Å². The van der Waals surface area contributed by atoms with Gasteiger partial charge in [-0.3, -0.25) is 25.0 Å². The van der Waals surface area contributed by atoms with E-state index in [4.69, 9.17) is 10.8 Å². The van der Waals surface area contributed by atoms with Crippen LogP contribution in [0.3, 0.4) is 0 Å². The van der Waals surface area contributed by atoms with Crippen molar-refractivity contribution in [2.75, 3.05) is 0 Å². The molecule has 0 saturated heterocycles. The normalized spacial score (nSPS) is 10.6. The van der Waals surface area contributed by atoms with E-state index in [0.29, 0.717) is 29.3 Å². The maximum absolute atomic E-state index is 11.7. The van der Waals surface area contributed by atoms with Crippen LogP contribution in [0.15, 0.2) is 23.0 Å². The molecule has 1 heterocycles. The van der Waals surface area contributed by atoms with Gasteiger partial charge in [-0.15, -0.1) is 0 Å². The van der Waals surface area contributed by atoms with Crippen molar-refractivity contribution < 1.29 is 4.79 Å². The third-order valence-electron chi connectivity index (χ3n) is 2.84. The average molecular weight is 258 g/mol. The highest BCUT2D eigenvalue weighted by molar-refractivity contribution is 5.92. The number of aldehydes is 1. The lowest BCUT2D eigenvalue weighted by atomic mass is 10.2. The molecule has 0 aliphatic rings. The summed E-state index contributed by atoms with van der Waals surface area (Å²) < 4.78 is 1.31. The SMILES string of the molecule is CCCC(=N)n1c(=N)c(=O)[nH]c2cc(C=O)ccc21. The molecule has 6 nitrogen and oxygen atoms in total. The fourth-order valence-corrected chi connectivity index (χ4v) is 1.95. The second-order valence-corrected chi connectivity index (χ2v) is 4.23. The van der Waals surface area contributed by atoms with Crippen LogP contribution in [-0.2, 0) is 0 Å². The highest BCUT2D eigenvalue weighted by atomic mass is 16.1. The van der Waals surface area contributed by atoms with Crippen LogP contribution in [0.5, 0.6) is 0 Å². The number of rotatable bonds is 3. The number of hydrogen-bond donors (Lipinski definition) is 3. The minimum absolute atomic E-state index is 0.197. The average Bonchev–Trinajstić information content (AvgIpc) is 2.39.